The third kappa shape index (κ3) is 2.90. The summed E-state index contributed by atoms with van der Waals surface area (Å²) < 4.78 is 11.3. The minimum Gasteiger partial charge on any atom is -0.458 e. The average Bonchev–Trinajstić information content (AvgIpc) is 2.93. The summed E-state index contributed by atoms with van der Waals surface area (Å²) in [5.41, 5.74) is 0.644. The van der Waals surface area contributed by atoms with Gasteiger partial charge in [-0.15, -0.1) is 6.42 Å². The SMILES string of the molecule is C#CC1(OC(C)=O)CC[C@H]2[C@@H]3CCC4=C[C@@H](OC(C)=O)CC[C@@H]4[C@H]3CC[C@@]21C. The molecular formula is C24H32O4. The maximum atomic E-state index is 11.8. The van der Waals surface area contributed by atoms with Crippen LogP contribution in [-0.4, -0.2) is 23.6 Å². The minimum absolute atomic E-state index is 0.0429. The molecule has 0 N–H and O–H groups in total. The second kappa shape index (κ2) is 6.94. The van der Waals surface area contributed by atoms with Crippen molar-refractivity contribution in [3.63, 3.8) is 0 Å². The zero-order valence-corrected chi connectivity index (χ0v) is 17.3. The van der Waals surface area contributed by atoms with Crippen molar-refractivity contribution in [1.82, 2.24) is 0 Å². The number of rotatable bonds is 2. The van der Waals surface area contributed by atoms with Crippen molar-refractivity contribution in [1.29, 1.82) is 0 Å². The number of fused-ring (bicyclic) bond motifs is 5. The smallest absolute Gasteiger partial charge is 0.304 e. The van der Waals surface area contributed by atoms with Gasteiger partial charge in [0.25, 0.3) is 0 Å². The maximum Gasteiger partial charge on any atom is 0.304 e. The van der Waals surface area contributed by atoms with Gasteiger partial charge in [0.15, 0.2) is 5.60 Å². The lowest BCUT2D eigenvalue weighted by molar-refractivity contribution is -0.167. The van der Waals surface area contributed by atoms with Gasteiger partial charge in [0.05, 0.1) is 0 Å². The topological polar surface area (TPSA) is 52.6 Å². The molecule has 152 valence electrons. The van der Waals surface area contributed by atoms with Crippen LogP contribution in [0.15, 0.2) is 11.6 Å². The number of hydrogen-bond acceptors (Lipinski definition) is 4. The quantitative estimate of drug-likeness (QED) is 0.402. The second-order valence-corrected chi connectivity index (χ2v) is 9.61. The fraction of sp³-hybridized carbons (Fsp3) is 0.750. The molecule has 1 unspecified atom stereocenters. The largest absolute Gasteiger partial charge is 0.458 e. The summed E-state index contributed by atoms with van der Waals surface area (Å²) in [6, 6.07) is 0. The Morgan fingerprint density at radius 2 is 1.86 bits per heavy atom. The maximum absolute atomic E-state index is 11.8. The predicted molar refractivity (Wildman–Crippen MR) is 106 cm³/mol. The first-order valence-corrected chi connectivity index (χ1v) is 10.8. The van der Waals surface area contributed by atoms with Crippen molar-refractivity contribution < 1.29 is 19.1 Å². The molecule has 0 radical (unpaired) electrons. The zero-order chi connectivity index (χ0) is 20.1. The summed E-state index contributed by atoms with van der Waals surface area (Å²) in [4.78, 5) is 23.1. The highest BCUT2D eigenvalue weighted by molar-refractivity contribution is 5.67. The number of terminal acetylenes is 1. The summed E-state index contributed by atoms with van der Waals surface area (Å²) in [5.74, 6) is 4.94. The first-order valence-electron chi connectivity index (χ1n) is 10.8. The van der Waals surface area contributed by atoms with E-state index in [-0.39, 0.29) is 23.5 Å². The van der Waals surface area contributed by atoms with Gasteiger partial charge >= 0.3 is 11.9 Å². The number of ether oxygens (including phenoxy) is 2. The summed E-state index contributed by atoms with van der Waals surface area (Å²) in [5, 5.41) is 0. The van der Waals surface area contributed by atoms with Crippen LogP contribution in [0.25, 0.3) is 0 Å². The van der Waals surface area contributed by atoms with Gasteiger partial charge < -0.3 is 9.47 Å². The fourth-order valence-electron chi connectivity index (χ4n) is 7.28. The van der Waals surface area contributed by atoms with Gasteiger partial charge in [-0.05, 0) is 81.1 Å². The predicted octanol–water partition coefficient (Wildman–Crippen LogP) is 4.43. The van der Waals surface area contributed by atoms with E-state index in [1.54, 1.807) is 0 Å². The van der Waals surface area contributed by atoms with Gasteiger partial charge in [0.1, 0.15) is 6.10 Å². The Labute approximate surface area is 168 Å². The molecule has 4 aliphatic carbocycles. The van der Waals surface area contributed by atoms with Crippen LogP contribution in [0, 0.1) is 41.4 Å². The van der Waals surface area contributed by atoms with Gasteiger partial charge in [-0.2, -0.15) is 0 Å². The number of allylic oxidation sites excluding steroid dienone is 1. The molecule has 0 amide bonds. The van der Waals surface area contributed by atoms with E-state index < -0.39 is 5.60 Å². The van der Waals surface area contributed by atoms with E-state index in [1.807, 2.05) is 0 Å². The molecule has 0 aromatic rings. The number of carbonyl (C=O) groups excluding carboxylic acids is 2. The van der Waals surface area contributed by atoms with E-state index in [1.165, 1.54) is 25.8 Å². The molecule has 0 heterocycles. The standard InChI is InChI=1S/C24H32O4/c1-5-24(28-16(3)26)13-11-22-21-8-6-17-14-18(27-15(2)25)7-9-19(17)20(21)10-12-23(22,24)4/h1,14,18-22H,6-13H2,2-4H3/t18-,19-,20+,21+,22-,23-,24?/m0/s1. The first-order chi connectivity index (χ1) is 13.3. The van der Waals surface area contributed by atoms with E-state index >= 15 is 0 Å². The molecule has 4 rings (SSSR count). The van der Waals surface area contributed by atoms with Gasteiger partial charge in [0, 0.05) is 19.3 Å². The van der Waals surface area contributed by atoms with Crippen molar-refractivity contribution >= 4 is 11.9 Å². The number of hydrogen-bond donors (Lipinski definition) is 0. The molecule has 7 atom stereocenters. The van der Waals surface area contributed by atoms with Crippen molar-refractivity contribution in [2.75, 3.05) is 0 Å². The first kappa shape index (κ1) is 19.6. The number of esters is 2. The molecule has 4 heteroatoms. The van der Waals surface area contributed by atoms with Crippen molar-refractivity contribution in [3.8, 4) is 12.3 Å². The fourth-order valence-corrected chi connectivity index (χ4v) is 7.28. The molecule has 0 aliphatic heterocycles. The van der Waals surface area contributed by atoms with Gasteiger partial charge in [-0.25, -0.2) is 0 Å². The minimum atomic E-state index is -0.739. The van der Waals surface area contributed by atoms with Crippen LogP contribution in [0.1, 0.15) is 72.1 Å². The van der Waals surface area contributed by atoms with Crippen LogP contribution in [0.4, 0.5) is 0 Å². The normalized spacial score (nSPS) is 44.2. The van der Waals surface area contributed by atoms with E-state index in [0.717, 1.165) is 44.9 Å². The highest BCUT2D eigenvalue weighted by Gasteiger charge is 2.64. The van der Waals surface area contributed by atoms with Crippen molar-refractivity contribution in [3.05, 3.63) is 11.6 Å². The van der Waals surface area contributed by atoms with Gasteiger partial charge in [-0.1, -0.05) is 18.4 Å². The lowest BCUT2D eigenvalue weighted by Crippen LogP contribution is -2.53. The third-order valence-electron chi connectivity index (χ3n) is 8.40. The molecule has 4 nitrogen and oxygen atoms in total. The molecule has 3 fully saturated rings. The summed E-state index contributed by atoms with van der Waals surface area (Å²) >= 11 is 0. The van der Waals surface area contributed by atoms with Gasteiger partial charge in [-0.3, -0.25) is 9.59 Å². The van der Waals surface area contributed by atoms with E-state index in [2.05, 4.69) is 18.9 Å². The molecule has 3 saturated carbocycles. The Hall–Kier alpha value is -1.76. The molecule has 0 spiro atoms. The second-order valence-electron chi connectivity index (χ2n) is 9.61. The van der Waals surface area contributed by atoms with E-state index in [9.17, 15) is 9.59 Å². The molecule has 0 bridgehead atoms. The Kier molecular flexibility index (Phi) is 4.84. The van der Waals surface area contributed by atoms with Gasteiger partial charge in [0.2, 0.25) is 0 Å². The van der Waals surface area contributed by atoms with Crippen LogP contribution in [0.2, 0.25) is 0 Å². The molecule has 0 aromatic heterocycles. The molecular weight excluding hydrogens is 352 g/mol. The Bertz CT molecular complexity index is 746. The number of carbonyl (C=O) groups is 2. The summed E-state index contributed by atoms with van der Waals surface area (Å²) in [6.45, 7) is 5.23. The lowest BCUT2D eigenvalue weighted by Gasteiger charge is -2.55. The Morgan fingerprint density at radius 1 is 1.07 bits per heavy atom. The molecule has 4 aliphatic rings. The third-order valence-corrected chi connectivity index (χ3v) is 8.40. The van der Waals surface area contributed by atoms with Crippen LogP contribution in [0.5, 0.6) is 0 Å². The zero-order valence-electron chi connectivity index (χ0n) is 17.3. The van der Waals surface area contributed by atoms with E-state index in [0.29, 0.717) is 23.7 Å². The van der Waals surface area contributed by atoms with Crippen molar-refractivity contribution in [2.45, 2.75) is 83.8 Å². The van der Waals surface area contributed by atoms with Crippen molar-refractivity contribution in [2.24, 2.45) is 29.1 Å². The summed E-state index contributed by atoms with van der Waals surface area (Å²) in [7, 11) is 0. The van der Waals surface area contributed by atoms with Crippen LogP contribution >= 0.6 is 0 Å². The van der Waals surface area contributed by atoms with Crippen LogP contribution < -0.4 is 0 Å². The lowest BCUT2D eigenvalue weighted by atomic mass is 9.50. The Morgan fingerprint density at radius 3 is 2.54 bits per heavy atom. The average molecular weight is 385 g/mol. The molecule has 0 aromatic carbocycles. The monoisotopic (exact) mass is 384 g/mol. The van der Waals surface area contributed by atoms with E-state index in [4.69, 9.17) is 15.9 Å². The highest BCUT2D eigenvalue weighted by Crippen LogP contribution is 2.65. The summed E-state index contributed by atoms with van der Waals surface area (Å²) in [6.07, 6.45) is 16.5. The van der Waals surface area contributed by atoms with Crippen LogP contribution in [0.3, 0.4) is 0 Å². The molecule has 0 saturated heterocycles. The Balaban J connectivity index is 1.57. The highest BCUT2D eigenvalue weighted by atomic mass is 16.6. The van der Waals surface area contributed by atoms with Crippen LogP contribution in [-0.2, 0) is 19.1 Å². The molecule has 28 heavy (non-hydrogen) atoms.